The molecule has 0 radical (unpaired) electrons. The lowest BCUT2D eigenvalue weighted by Crippen LogP contribution is -2.62. The van der Waals surface area contributed by atoms with Crippen molar-refractivity contribution in [2.24, 2.45) is 0 Å². The molecule has 3 atom stereocenters. The number of benzene rings is 2. The van der Waals surface area contributed by atoms with Crippen LogP contribution >= 0.6 is 0 Å². The number of nitrogens with zero attached hydrogens (tertiary/aromatic N) is 1. The minimum Gasteiger partial charge on any atom is -0.388 e. The van der Waals surface area contributed by atoms with Gasteiger partial charge >= 0.3 is 0 Å². The lowest BCUT2D eigenvalue weighted by Gasteiger charge is -2.49. The predicted molar refractivity (Wildman–Crippen MR) is 105 cm³/mol. The van der Waals surface area contributed by atoms with E-state index >= 15 is 0 Å². The van der Waals surface area contributed by atoms with Crippen LogP contribution in [0.15, 0.2) is 60.7 Å². The second kappa shape index (κ2) is 8.65. The van der Waals surface area contributed by atoms with E-state index in [1.165, 1.54) is 12.7 Å². The first kappa shape index (κ1) is 19.5. The highest BCUT2D eigenvalue weighted by Crippen LogP contribution is 2.37. The molecule has 0 bridgehead atoms. The van der Waals surface area contributed by atoms with Gasteiger partial charge in [-0.1, -0.05) is 60.7 Å². The summed E-state index contributed by atoms with van der Waals surface area (Å²) in [5, 5.41) is 14.1. The average molecular weight is 368 g/mol. The van der Waals surface area contributed by atoms with Crippen LogP contribution in [0.3, 0.4) is 0 Å². The van der Waals surface area contributed by atoms with E-state index in [9.17, 15) is 9.90 Å². The Morgan fingerprint density at radius 1 is 1.19 bits per heavy atom. The fraction of sp³-hybridized carbons (Fsp3) is 0.409. The Morgan fingerprint density at radius 3 is 2.44 bits per heavy atom. The lowest BCUT2D eigenvalue weighted by molar-refractivity contribution is -0.132. The quantitative estimate of drug-likeness (QED) is 0.823. The maximum Gasteiger partial charge on any atom is 0.246 e. The number of piperidine rings is 1. The highest BCUT2D eigenvalue weighted by Gasteiger charge is 2.46. The van der Waals surface area contributed by atoms with Gasteiger partial charge in [0.1, 0.15) is 6.61 Å². The van der Waals surface area contributed by atoms with Gasteiger partial charge in [0.15, 0.2) is 0 Å². The van der Waals surface area contributed by atoms with E-state index in [2.05, 4.69) is 34.5 Å². The number of rotatable bonds is 6. The van der Waals surface area contributed by atoms with Gasteiger partial charge in [0.2, 0.25) is 5.91 Å². The molecule has 1 aliphatic heterocycles. The molecule has 0 saturated carbocycles. The van der Waals surface area contributed by atoms with Crippen LogP contribution in [-0.4, -0.2) is 47.8 Å². The minimum atomic E-state index is -1.00. The summed E-state index contributed by atoms with van der Waals surface area (Å²) in [6.07, 6.45) is 0.584. The minimum absolute atomic E-state index is 0.0211. The summed E-state index contributed by atoms with van der Waals surface area (Å²) < 4.78 is 4.97. The van der Waals surface area contributed by atoms with Crippen LogP contribution in [0.4, 0.5) is 0 Å². The van der Waals surface area contributed by atoms with Crippen LogP contribution in [0.5, 0.6) is 0 Å². The number of methoxy groups -OCH3 is 1. The van der Waals surface area contributed by atoms with Crippen molar-refractivity contribution in [1.29, 1.82) is 0 Å². The maximum absolute atomic E-state index is 12.3. The zero-order valence-corrected chi connectivity index (χ0v) is 16.0. The van der Waals surface area contributed by atoms with Crippen molar-refractivity contribution in [3.8, 4) is 0 Å². The van der Waals surface area contributed by atoms with Gasteiger partial charge in [-0.25, -0.2) is 0 Å². The predicted octanol–water partition coefficient (Wildman–Crippen LogP) is 2.52. The SMILES string of the molecule is COCC(=O)NC1C(c2ccccc2)N(Cc2ccccc2)CCC1(C)O. The normalized spacial score (nSPS) is 25.9. The number of hydrogen-bond acceptors (Lipinski definition) is 4. The molecule has 3 rings (SSSR count). The first-order valence-electron chi connectivity index (χ1n) is 9.35. The summed E-state index contributed by atoms with van der Waals surface area (Å²) in [5.74, 6) is -0.217. The van der Waals surface area contributed by atoms with Crippen molar-refractivity contribution in [3.63, 3.8) is 0 Å². The van der Waals surface area contributed by atoms with Crippen LogP contribution in [0, 0.1) is 0 Å². The van der Waals surface area contributed by atoms with Crippen molar-refractivity contribution < 1.29 is 14.6 Å². The zero-order chi connectivity index (χ0) is 19.3. The Kier molecular flexibility index (Phi) is 6.26. The first-order valence-corrected chi connectivity index (χ1v) is 9.35. The third-order valence-corrected chi connectivity index (χ3v) is 5.25. The summed E-state index contributed by atoms with van der Waals surface area (Å²) in [6.45, 7) is 3.29. The van der Waals surface area contributed by atoms with Gasteiger partial charge < -0.3 is 15.2 Å². The Morgan fingerprint density at radius 2 is 1.81 bits per heavy atom. The van der Waals surface area contributed by atoms with E-state index in [1.807, 2.05) is 36.4 Å². The molecule has 5 nitrogen and oxygen atoms in total. The Labute approximate surface area is 161 Å². The molecule has 1 heterocycles. The van der Waals surface area contributed by atoms with Gasteiger partial charge in [-0.15, -0.1) is 0 Å². The molecule has 2 aromatic carbocycles. The fourth-order valence-corrected chi connectivity index (χ4v) is 3.84. The Balaban J connectivity index is 1.94. The Hall–Kier alpha value is -2.21. The molecule has 1 saturated heterocycles. The highest BCUT2D eigenvalue weighted by atomic mass is 16.5. The smallest absolute Gasteiger partial charge is 0.246 e. The summed E-state index contributed by atoms with van der Waals surface area (Å²) >= 11 is 0. The molecule has 1 fully saturated rings. The van der Waals surface area contributed by atoms with Gasteiger partial charge in [0.25, 0.3) is 0 Å². The van der Waals surface area contributed by atoms with Gasteiger partial charge in [-0.05, 0) is 24.5 Å². The first-order chi connectivity index (χ1) is 13.0. The van der Waals surface area contributed by atoms with E-state index in [0.29, 0.717) is 6.42 Å². The van der Waals surface area contributed by atoms with Crippen LogP contribution in [0.25, 0.3) is 0 Å². The summed E-state index contributed by atoms with van der Waals surface area (Å²) in [5.41, 5.74) is 1.29. The number of aliphatic hydroxyl groups is 1. The number of carbonyl (C=O) groups excluding carboxylic acids is 1. The fourth-order valence-electron chi connectivity index (χ4n) is 3.84. The molecule has 0 aliphatic carbocycles. The Bertz CT molecular complexity index is 734. The lowest BCUT2D eigenvalue weighted by atomic mass is 9.79. The van der Waals surface area contributed by atoms with Crippen LogP contribution in [0.1, 0.15) is 30.5 Å². The highest BCUT2D eigenvalue weighted by molar-refractivity contribution is 5.77. The van der Waals surface area contributed by atoms with Gasteiger partial charge in [0.05, 0.1) is 17.7 Å². The van der Waals surface area contributed by atoms with Gasteiger partial charge in [0, 0.05) is 20.2 Å². The maximum atomic E-state index is 12.3. The largest absolute Gasteiger partial charge is 0.388 e. The molecule has 0 spiro atoms. The molecule has 2 aromatic rings. The van der Waals surface area contributed by atoms with E-state index in [0.717, 1.165) is 18.7 Å². The van der Waals surface area contributed by atoms with Crippen LogP contribution in [-0.2, 0) is 16.1 Å². The second-order valence-corrected chi connectivity index (χ2v) is 7.40. The summed E-state index contributed by atoms with van der Waals surface area (Å²) in [4.78, 5) is 14.6. The summed E-state index contributed by atoms with van der Waals surface area (Å²) in [6, 6.07) is 19.8. The van der Waals surface area contributed by atoms with Gasteiger partial charge in [-0.3, -0.25) is 9.69 Å². The zero-order valence-electron chi connectivity index (χ0n) is 16.0. The van der Waals surface area contributed by atoms with E-state index < -0.39 is 11.6 Å². The molecular weight excluding hydrogens is 340 g/mol. The van der Waals surface area contributed by atoms with E-state index in [-0.39, 0.29) is 18.6 Å². The second-order valence-electron chi connectivity index (χ2n) is 7.40. The topological polar surface area (TPSA) is 61.8 Å². The molecule has 144 valence electrons. The molecule has 0 aromatic heterocycles. The average Bonchev–Trinajstić information content (AvgIpc) is 2.66. The number of ether oxygens (including phenoxy) is 1. The van der Waals surface area contributed by atoms with Crippen LogP contribution in [0.2, 0.25) is 0 Å². The number of likely N-dealkylation sites (tertiary alicyclic amines) is 1. The number of hydrogen-bond donors (Lipinski definition) is 2. The third kappa shape index (κ3) is 4.75. The van der Waals surface area contributed by atoms with Crippen molar-refractivity contribution in [3.05, 3.63) is 71.8 Å². The molecule has 2 N–H and O–H groups in total. The number of nitrogens with one attached hydrogen (secondary N) is 1. The monoisotopic (exact) mass is 368 g/mol. The van der Waals surface area contributed by atoms with Crippen LogP contribution < -0.4 is 5.32 Å². The molecular formula is C22H28N2O3. The molecule has 1 amide bonds. The molecule has 1 aliphatic rings. The number of carbonyl (C=O) groups is 1. The van der Waals surface area contributed by atoms with Crippen molar-refractivity contribution >= 4 is 5.91 Å². The molecule has 5 heteroatoms. The van der Waals surface area contributed by atoms with E-state index in [1.54, 1.807) is 6.92 Å². The molecule has 27 heavy (non-hydrogen) atoms. The van der Waals surface area contributed by atoms with E-state index in [4.69, 9.17) is 4.74 Å². The van der Waals surface area contributed by atoms with Crippen molar-refractivity contribution in [2.75, 3.05) is 20.3 Å². The van der Waals surface area contributed by atoms with Gasteiger partial charge in [-0.2, -0.15) is 0 Å². The van der Waals surface area contributed by atoms with Crippen molar-refractivity contribution in [2.45, 2.75) is 37.6 Å². The van der Waals surface area contributed by atoms with Crippen molar-refractivity contribution in [1.82, 2.24) is 10.2 Å². The molecule has 3 unspecified atom stereocenters. The third-order valence-electron chi connectivity index (χ3n) is 5.25. The standard InChI is InChI=1S/C22H28N2O3/c1-22(26)13-14-24(15-17-9-5-3-6-10-17)20(18-11-7-4-8-12-18)21(22)23-19(25)16-27-2/h3-12,20-21,26H,13-16H2,1-2H3,(H,23,25). The number of amides is 1. The summed E-state index contributed by atoms with van der Waals surface area (Å²) in [7, 11) is 1.50.